The Bertz CT molecular complexity index is 2210. The predicted octanol–water partition coefficient (Wildman–Crippen LogP) is 10.1. The molecule has 0 aliphatic heterocycles. The Morgan fingerprint density at radius 1 is 0.561 bits per heavy atom. The van der Waals surface area contributed by atoms with E-state index in [0.717, 1.165) is 60.8 Å². The number of para-hydroxylation sites is 3. The summed E-state index contributed by atoms with van der Waals surface area (Å²) in [4.78, 5) is 5.00. The molecule has 8 rings (SSSR count). The molecule has 0 saturated heterocycles. The number of nitrogens with zero attached hydrogens (tertiary/aromatic N) is 2. The lowest BCUT2D eigenvalue weighted by Gasteiger charge is -2.12. The van der Waals surface area contributed by atoms with Crippen LogP contribution in [0.15, 0.2) is 144 Å². The average Bonchev–Trinajstić information content (AvgIpc) is 3.60. The Morgan fingerprint density at radius 2 is 1.24 bits per heavy atom. The van der Waals surface area contributed by atoms with E-state index in [9.17, 15) is 0 Å². The van der Waals surface area contributed by atoms with Gasteiger partial charge < -0.3 is 4.42 Å². The van der Waals surface area contributed by atoms with Crippen LogP contribution in [0.2, 0.25) is 0 Å². The second kappa shape index (κ2) is 9.32. The fourth-order valence-electron chi connectivity index (χ4n) is 5.73. The fraction of sp³-hybridized carbons (Fsp3) is 0. The fourth-order valence-corrected chi connectivity index (χ4v) is 5.73. The third-order valence-corrected chi connectivity index (χ3v) is 7.70. The number of furan rings is 1. The molecule has 0 saturated carbocycles. The summed E-state index contributed by atoms with van der Waals surface area (Å²) in [5.41, 5.74) is 8.40. The van der Waals surface area contributed by atoms with Crippen LogP contribution in [0.3, 0.4) is 0 Å². The normalized spacial score (nSPS) is 11.5. The van der Waals surface area contributed by atoms with Gasteiger partial charge in [-0.1, -0.05) is 97.1 Å². The summed E-state index contributed by atoms with van der Waals surface area (Å²) in [6.07, 6.45) is 0. The molecule has 6 aromatic carbocycles. The molecule has 0 N–H and O–H groups in total. The predicted molar refractivity (Wildman–Crippen MR) is 165 cm³/mol. The largest absolute Gasteiger partial charge is 0.455 e. The van der Waals surface area contributed by atoms with E-state index < -0.39 is 0 Å². The molecule has 2 aromatic heterocycles. The van der Waals surface area contributed by atoms with Crippen LogP contribution in [0.25, 0.3) is 72.3 Å². The van der Waals surface area contributed by atoms with Gasteiger partial charge >= 0.3 is 0 Å². The molecule has 4 heteroatoms. The summed E-state index contributed by atoms with van der Waals surface area (Å²) < 4.78 is 24.4. The molecule has 0 aliphatic carbocycles. The average molecular weight is 531 g/mol. The molecule has 0 spiro atoms. The van der Waals surface area contributed by atoms with Crippen molar-refractivity contribution < 1.29 is 8.81 Å². The molecule has 0 radical (unpaired) electrons. The quantitative estimate of drug-likeness (QED) is 0.227. The second-order valence-electron chi connectivity index (χ2n) is 10.2. The van der Waals surface area contributed by atoms with Crippen molar-refractivity contribution in [1.82, 2.24) is 9.55 Å². The van der Waals surface area contributed by atoms with Crippen molar-refractivity contribution in [1.29, 1.82) is 0 Å². The Balaban J connectivity index is 1.34. The number of hydrogen-bond donors (Lipinski definition) is 0. The summed E-state index contributed by atoms with van der Waals surface area (Å²) in [5.74, 6) is 0.311. The van der Waals surface area contributed by atoms with Gasteiger partial charge in [0.1, 0.15) is 22.8 Å². The number of halogens is 1. The van der Waals surface area contributed by atoms with E-state index in [1.807, 2.05) is 102 Å². The van der Waals surface area contributed by atoms with Crippen molar-refractivity contribution in [2.75, 3.05) is 0 Å². The number of rotatable bonds is 4. The SMILES string of the molecule is Fc1cc(-c2ccccc2)ccc1-n1c(-c2cccc3c2oc2cc(-c4ccccc4)ccc23)nc2ccccc21. The molecule has 0 fully saturated rings. The van der Waals surface area contributed by atoms with E-state index >= 15 is 4.39 Å². The van der Waals surface area contributed by atoms with Crippen molar-refractivity contribution in [3.8, 4) is 39.3 Å². The molecular weight excluding hydrogens is 507 g/mol. The van der Waals surface area contributed by atoms with E-state index in [0.29, 0.717) is 11.5 Å². The summed E-state index contributed by atoms with van der Waals surface area (Å²) >= 11 is 0. The summed E-state index contributed by atoms with van der Waals surface area (Å²) in [6.45, 7) is 0. The highest BCUT2D eigenvalue weighted by Gasteiger charge is 2.21. The van der Waals surface area contributed by atoms with E-state index in [1.54, 1.807) is 6.07 Å². The maximum atomic E-state index is 15.9. The molecule has 194 valence electrons. The van der Waals surface area contributed by atoms with Crippen LogP contribution < -0.4 is 0 Å². The smallest absolute Gasteiger partial charge is 0.149 e. The first-order chi connectivity index (χ1) is 20.2. The number of hydrogen-bond acceptors (Lipinski definition) is 2. The molecule has 0 aliphatic rings. The van der Waals surface area contributed by atoms with Crippen molar-refractivity contribution in [2.24, 2.45) is 0 Å². The van der Waals surface area contributed by atoms with Gasteiger partial charge in [0.05, 0.1) is 22.3 Å². The monoisotopic (exact) mass is 530 g/mol. The first kappa shape index (κ1) is 23.4. The standard InChI is InChI=1S/C37H23FN2O/c38-31-22-26(24-10-3-1-4-11-24)19-21-33(31)40-34-17-8-7-16-32(34)39-37(40)30-15-9-14-29-28-20-18-27(23-35(28)41-36(29)30)25-12-5-2-6-13-25/h1-23H. The van der Waals surface area contributed by atoms with E-state index in [4.69, 9.17) is 9.40 Å². The molecule has 0 bridgehead atoms. The zero-order chi connectivity index (χ0) is 27.3. The summed E-state index contributed by atoms with van der Waals surface area (Å²) in [7, 11) is 0. The maximum absolute atomic E-state index is 15.9. The topological polar surface area (TPSA) is 31.0 Å². The van der Waals surface area contributed by atoms with Gasteiger partial charge in [0.15, 0.2) is 0 Å². The van der Waals surface area contributed by atoms with Gasteiger partial charge in [0.25, 0.3) is 0 Å². The van der Waals surface area contributed by atoms with Gasteiger partial charge in [-0.2, -0.15) is 0 Å². The third-order valence-electron chi connectivity index (χ3n) is 7.70. The molecular formula is C37H23FN2O. The second-order valence-corrected chi connectivity index (χ2v) is 10.2. The Hall–Kier alpha value is -5.48. The Kier molecular flexibility index (Phi) is 5.32. The van der Waals surface area contributed by atoms with Crippen molar-refractivity contribution >= 4 is 33.0 Å². The number of benzene rings is 6. The van der Waals surface area contributed by atoms with Crippen LogP contribution in [0, 0.1) is 5.82 Å². The van der Waals surface area contributed by atoms with Crippen LogP contribution in [-0.2, 0) is 0 Å². The van der Waals surface area contributed by atoms with E-state index in [1.165, 1.54) is 0 Å². The van der Waals surface area contributed by atoms with Crippen LogP contribution in [-0.4, -0.2) is 9.55 Å². The van der Waals surface area contributed by atoms with Crippen LogP contribution in [0.1, 0.15) is 0 Å². The summed E-state index contributed by atoms with van der Waals surface area (Å²) in [5, 5.41) is 2.03. The lowest BCUT2D eigenvalue weighted by atomic mass is 10.0. The number of imidazole rings is 1. The zero-order valence-corrected chi connectivity index (χ0v) is 22.0. The lowest BCUT2D eigenvalue weighted by Crippen LogP contribution is -2.01. The maximum Gasteiger partial charge on any atom is 0.149 e. The number of fused-ring (bicyclic) bond motifs is 4. The minimum atomic E-state index is -0.319. The third kappa shape index (κ3) is 3.84. The molecule has 2 heterocycles. The minimum Gasteiger partial charge on any atom is -0.455 e. The molecule has 0 unspecified atom stereocenters. The van der Waals surface area contributed by atoms with Crippen LogP contribution >= 0.6 is 0 Å². The van der Waals surface area contributed by atoms with Crippen molar-refractivity contribution in [3.63, 3.8) is 0 Å². The van der Waals surface area contributed by atoms with Crippen LogP contribution in [0.5, 0.6) is 0 Å². The van der Waals surface area contributed by atoms with Gasteiger partial charge in [-0.15, -0.1) is 0 Å². The molecule has 0 amide bonds. The summed E-state index contributed by atoms with van der Waals surface area (Å²) in [6, 6.07) is 45.7. The van der Waals surface area contributed by atoms with Gasteiger partial charge in [-0.05, 0) is 64.7 Å². The van der Waals surface area contributed by atoms with Crippen LogP contribution in [0.4, 0.5) is 4.39 Å². The highest BCUT2D eigenvalue weighted by molar-refractivity contribution is 6.10. The zero-order valence-electron chi connectivity index (χ0n) is 22.0. The molecule has 0 atom stereocenters. The van der Waals surface area contributed by atoms with Gasteiger partial charge in [0, 0.05) is 10.8 Å². The van der Waals surface area contributed by atoms with E-state index in [2.05, 4.69) is 36.4 Å². The lowest BCUT2D eigenvalue weighted by molar-refractivity contribution is 0.620. The molecule has 41 heavy (non-hydrogen) atoms. The molecule has 3 nitrogen and oxygen atoms in total. The van der Waals surface area contributed by atoms with Gasteiger partial charge in [-0.3, -0.25) is 4.57 Å². The highest BCUT2D eigenvalue weighted by Crippen LogP contribution is 2.39. The first-order valence-corrected chi connectivity index (χ1v) is 13.6. The van der Waals surface area contributed by atoms with Crippen molar-refractivity contribution in [2.45, 2.75) is 0 Å². The first-order valence-electron chi connectivity index (χ1n) is 13.6. The molecule has 8 aromatic rings. The Morgan fingerprint density at radius 3 is 2.00 bits per heavy atom. The van der Waals surface area contributed by atoms with Crippen molar-refractivity contribution in [3.05, 3.63) is 145 Å². The van der Waals surface area contributed by atoms with E-state index in [-0.39, 0.29) is 5.82 Å². The number of aromatic nitrogens is 2. The van der Waals surface area contributed by atoms with Gasteiger partial charge in [0.2, 0.25) is 0 Å². The van der Waals surface area contributed by atoms with Gasteiger partial charge in [-0.25, -0.2) is 9.37 Å². The highest BCUT2D eigenvalue weighted by atomic mass is 19.1. The Labute approximate surface area is 235 Å². The minimum absolute atomic E-state index is 0.319.